The van der Waals surface area contributed by atoms with Gasteiger partial charge in [-0.25, -0.2) is 9.67 Å². The monoisotopic (exact) mass is 430 g/mol. The van der Waals surface area contributed by atoms with Crippen molar-refractivity contribution in [2.75, 3.05) is 13.1 Å². The van der Waals surface area contributed by atoms with E-state index < -0.39 is 0 Å². The Bertz CT molecular complexity index is 1270. The van der Waals surface area contributed by atoms with Crippen LogP contribution in [0, 0.1) is 13.8 Å². The third-order valence-corrected chi connectivity index (χ3v) is 6.14. The summed E-state index contributed by atoms with van der Waals surface area (Å²) < 4.78 is 7.42. The molecule has 0 aliphatic carbocycles. The Kier molecular flexibility index (Phi) is 5.20. The number of hydrogen-bond acceptors (Lipinski definition) is 6. The molecule has 0 saturated carbocycles. The predicted molar refractivity (Wildman–Crippen MR) is 120 cm³/mol. The Morgan fingerprint density at radius 3 is 2.59 bits per heavy atom. The summed E-state index contributed by atoms with van der Waals surface area (Å²) in [5, 5.41) is 9.57. The second-order valence-electron chi connectivity index (χ2n) is 8.30. The van der Waals surface area contributed by atoms with Gasteiger partial charge in [0.1, 0.15) is 0 Å². The summed E-state index contributed by atoms with van der Waals surface area (Å²) in [4.78, 5) is 24.6. The van der Waals surface area contributed by atoms with Crippen LogP contribution in [0.1, 0.15) is 53.3 Å². The van der Waals surface area contributed by atoms with Crippen LogP contribution in [0.4, 0.5) is 0 Å². The van der Waals surface area contributed by atoms with Gasteiger partial charge in [-0.1, -0.05) is 35.5 Å². The molecule has 1 amide bonds. The molecule has 0 unspecified atom stereocenters. The first-order valence-electron chi connectivity index (χ1n) is 11.1. The fraction of sp³-hybridized carbons (Fsp3) is 0.375. The molecule has 1 aliphatic rings. The van der Waals surface area contributed by atoms with Crippen LogP contribution >= 0.6 is 0 Å². The number of aromatic nitrogens is 5. The number of nitrogens with zero attached hydrogens (tertiary/aromatic N) is 6. The summed E-state index contributed by atoms with van der Waals surface area (Å²) >= 11 is 0. The quantitative estimate of drug-likeness (QED) is 0.483. The van der Waals surface area contributed by atoms with Crippen molar-refractivity contribution in [2.45, 2.75) is 46.1 Å². The van der Waals surface area contributed by atoms with Crippen molar-refractivity contribution in [1.82, 2.24) is 29.8 Å². The van der Waals surface area contributed by atoms with Crippen LogP contribution in [-0.4, -0.2) is 48.8 Å². The van der Waals surface area contributed by atoms with Gasteiger partial charge >= 0.3 is 0 Å². The molecule has 0 N–H and O–H groups in total. The fourth-order valence-electron chi connectivity index (χ4n) is 4.47. The smallest absolute Gasteiger partial charge is 0.254 e. The molecule has 1 aromatic carbocycles. The van der Waals surface area contributed by atoms with Crippen molar-refractivity contribution in [3.05, 3.63) is 59.2 Å². The average molecular weight is 431 g/mol. The number of carbonyl (C=O) groups is 1. The van der Waals surface area contributed by atoms with E-state index in [2.05, 4.69) is 20.2 Å². The first-order chi connectivity index (χ1) is 15.5. The summed E-state index contributed by atoms with van der Waals surface area (Å²) in [6, 6.07) is 11.7. The largest absolute Gasteiger partial charge is 0.339 e. The van der Waals surface area contributed by atoms with Crippen molar-refractivity contribution in [3.8, 4) is 11.4 Å². The standard InChI is InChI=1S/C24H26N6O2/c1-4-30-22-20(16(3)27-30)19(14-15(2)25-22)24(31)29-12-10-18(11-13-29)23-26-21(28-32-23)17-8-6-5-7-9-17/h5-9,14,18H,4,10-13H2,1-3H3. The third-order valence-electron chi connectivity index (χ3n) is 6.14. The van der Waals surface area contributed by atoms with Crippen molar-refractivity contribution >= 4 is 16.9 Å². The lowest BCUT2D eigenvalue weighted by Gasteiger charge is -2.30. The van der Waals surface area contributed by atoms with E-state index in [-0.39, 0.29) is 11.8 Å². The zero-order valence-corrected chi connectivity index (χ0v) is 18.6. The van der Waals surface area contributed by atoms with Gasteiger partial charge in [-0.3, -0.25) is 4.79 Å². The highest BCUT2D eigenvalue weighted by atomic mass is 16.5. The molecule has 32 heavy (non-hydrogen) atoms. The molecule has 0 bridgehead atoms. The Labute approximate surface area is 186 Å². The first-order valence-corrected chi connectivity index (χ1v) is 11.1. The minimum absolute atomic E-state index is 0.0354. The number of likely N-dealkylation sites (tertiary alicyclic amines) is 1. The van der Waals surface area contributed by atoms with Gasteiger partial charge in [-0.05, 0) is 39.7 Å². The van der Waals surface area contributed by atoms with E-state index in [0.29, 0.717) is 30.4 Å². The van der Waals surface area contributed by atoms with E-state index >= 15 is 0 Å². The number of rotatable bonds is 4. The summed E-state index contributed by atoms with van der Waals surface area (Å²) in [5.41, 5.74) is 4.07. The maximum absolute atomic E-state index is 13.5. The van der Waals surface area contributed by atoms with Gasteiger partial charge in [0, 0.05) is 36.8 Å². The molecule has 8 nitrogen and oxygen atoms in total. The zero-order chi connectivity index (χ0) is 22.2. The first kappa shape index (κ1) is 20.4. The molecule has 0 radical (unpaired) electrons. The number of benzene rings is 1. The molecule has 4 aromatic rings. The van der Waals surface area contributed by atoms with Crippen LogP contribution in [0.3, 0.4) is 0 Å². The number of fused-ring (bicyclic) bond motifs is 1. The SMILES string of the molecule is CCn1nc(C)c2c(C(=O)N3CCC(c4nc(-c5ccccc5)no4)CC3)cc(C)nc21. The lowest BCUT2D eigenvalue weighted by atomic mass is 9.96. The van der Waals surface area contributed by atoms with Crippen molar-refractivity contribution in [3.63, 3.8) is 0 Å². The van der Waals surface area contributed by atoms with Crippen molar-refractivity contribution in [2.24, 2.45) is 0 Å². The highest BCUT2D eigenvalue weighted by molar-refractivity contribution is 6.06. The second kappa shape index (κ2) is 8.18. The molecule has 8 heteroatoms. The Morgan fingerprint density at radius 1 is 1.12 bits per heavy atom. The average Bonchev–Trinajstić information content (AvgIpc) is 3.44. The molecule has 1 saturated heterocycles. The van der Waals surface area contributed by atoms with Crippen LogP contribution in [0.5, 0.6) is 0 Å². The highest BCUT2D eigenvalue weighted by Gasteiger charge is 2.30. The number of piperidine rings is 1. The Morgan fingerprint density at radius 2 is 1.88 bits per heavy atom. The van der Waals surface area contributed by atoms with Gasteiger partial charge in [0.15, 0.2) is 5.65 Å². The maximum Gasteiger partial charge on any atom is 0.254 e. The number of aryl methyl sites for hydroxylation is 3. The lowest BCUT2D eigenvalue weighted by molar-refractivity contribution is 0.0706. The maximum atomic E-state index is 13.5. The lowest BCUT2D eigenvalue weighted by Crippen LogP contribution is -2.38. The number of pyridine rings is 1. The fourth-order valence-corrected chi connectivity index (χ4v) is 4.47. The Hall–Kier alpha value is -3.55. The van der Waals surface area contributed by atoms with Crippen LogP contribution in [0.2, 0.25) is 0 Å². The molecule has 5 rings (SSSR count). The van der Waals surface area contributed by atoms with E-state index in [9.17, 15) is 4.79 Å². The third kappa shape index (κ3) is 3.55. The Balaban J connectivity index is 1.34. The van der Waals surface area contributed by atoms with E-state index in [1.165, 1.54) is 0 Å². The molecular formula is C24H26N6O2. The second-order valence-corrected chi connectivity index (χ2v) is 8.30. The zero-order valence-electron chi connectivity index (χ0n) is 18.6. The topological polar surface area (TPSA) is 89.9 Å². The minimum Gasteiger partial charge on any atom is -0.339 e. The van der Waals surface area contributed by atoms with Gasteiger partial charge in [0.25, 0.3) is 5.91 Å². The van der Waals surface area contributed by atoms with Gasteiger partial charge in [0.05, 0.1) is 16.6 Å². The van der Waals surface area contributed by atoms with Crippen LogP contribution in [0.15, 0.2) is 40.9 Å². The number of carbonyl (C=O) groups excluding carboxylic acids is 1. The summed E-state index contributed by atoms with van der Waals surface area (Å²) in [6.07, 6.45) is 1.59. The van der Waals surface area contributed by atoms with E-state index in [4.69, 9.17) is 4.52 Å². The normalized spacial score (nSPS) is 14.9. The molecule has 4 heterocycles. The van der Waals surface area contributed by atoms with Crippen LogP contribution in [-0.2, 0) is 6.54 Å². The summed E-state index contributed by atoms with van der Waals surface area (Å²) in [6.45, 7) is 7.91. The van der Waals surface area contributed by atoms with Gasteiger partial charge < -0.3 is 9.42 Å². The molecule has 1 aliphatic heterocycles. The highest BCUT2D eigenvalue weighted by Crippen LogP contribution is 2.30. The molecule has 0 spiro atoms. The van der Waals surface area contributed by atoms with Crippen LogP contribution in [0.25, 0.3) is 22.4 Å². The minimum atomic E-state index is 0.0354. The van der Waals surface area contributed by atoms with Crippen LogP contribution < -0.4 is 0 Å². The van der Waals surface area contributed by atoms with Gasteiger partial charge in [0.2, 0.25) is 11.7 Å². The molecular weight excluding hydrogens is 404 g/mol. The molecule has 164 valence electrons. The molecule has 0 atom stereocenters. The molecule has 1 fully saturated rings. The van der Waals surface area contributed by atoms with E-state index in [1.54, 1.807) is 0 Å². The number of hydrogen-bond donors (Lipinski definition) is 0. The number of amides is 1. The van der Waals surface area contributed by atoms with Crippen molar-refractivity contribution < 1.29 is 9.32 Å². The summed E-state index contributed by atoms with van der Waals surface area (Å²) in [7, 11) is 0. The van der Waals surface area contributed by atoms with Crippen molar-refractivity contribution in [1.29, 1.82) is 0 Å². The predicted octanol–water partition coefficient (Wildman–Crippen LogP) is 4.14. The van der Waals surface area contributed by atoms with Gasteiger partial charge in [-0.2, -0.15) is 10.1 Å². The molecule has 3 aromatic heterocycles. The van der Waals surface area contributed by atoms with Gasteiger partial charge in [-0.15, -0.1) is 0 Å². The van der Waals surface area contributed by atoms with E-state index in [1.807, 2.05) is 66.8 Å². The summed E-state index contributed by atoms with van der Waals surface area (Å²) in [5.74, 6) is 1.45. The van der Waals surface area contributed by atoms with E-state index in [0.717, 1.165) is 47.4 Å².